The molecule has 0 aliphatic rings. The third kappa shape index (κ3) is 4.27. The van der Waals surface area contributed by atoms with Crippen molar-refractivity contribution in [3.05, 3.63) is 89.5 Å². The van der Waals surface area contributed by atoms with E-state index in [4.69, 9.17) is 16.0 Å². The molecule has 0 radical (unpaired) electrons. The molecule has 0 saturated carbocycles. The summed E-state index contributed by atoms with van der Waals surface area (Å²) in [5.74, 6) is 0.177. The number of para-hydroxylation sites is 1. The molecule has 0 unspecified atom stereocenters. The lowest BCUT2D eigenvalue weighted by atomic mass is 10.2. The second-order valence-electron chi connectivity index (χ2n) is 6.84. The van der Waals surface area contributed by atoms with Crippen molar-refractivity contribution in [3.63, 3.8) is 0 Å². The first-order chi connectivity index (χ1) is 14.4. The van der Waals surface area contributed by atoms with Crippen molar-refractivity contribution < 1.29 is 17.6 Å². The molecule has 2 aromatic heterocycles. The monoisotopic (exact) mass is 442 g/mol. The fourth-order valence-corrected chi connectivity index (χ4v) is 5.19. The number of nitrogens with zero attached hydrogens (tertiary/aromatic N) is 1. The SMILES string of the molecule is O=C(Cn1cc(S(=O)(=O)Cc2ccccc2Cl)c2ccccc21)NCc1ccco1. The van der Waals surface area contributed by atoms with Gasteiger partial charge in [0, 0.05) is 22.1 Å². The summed E-state index contributed by atoms with van der Waals surface area (Å²) in [5.41, 5.74) is 1.20. The first-order valence-electron chi connectivity index (χ1n) is 9.27. The summed E-state index contributed by atoms with van der Waals surface area (Å²) in [6.45, 7) is 0.255. The lowest BCUT2D eigenvalue weighted by Crippen LogP contribution is -2.26. The highest BCUT2D eigenvalue weighted by atomic mass is 35.5. The second-order valence-corrected chi connectivity index (χ2v) is 9.21. The number of fused-ring (bicyclic) bond motifs is 1. The number of nitrogens with one attached hydrogen (secondary N) is 1. The van der Waals surface area contributed by atoms with Gasteiger partial charge in [-0.05, 0) is 29.8 Å². The van der Waals surface area contributed by atoms with Gasteiger partial charge in [-0.1, -0.05) is 48.0 Å². The van der Waals surface area contributed by atoms with Gasteiger partial charge < -0.3 is 14.3 Å². The molecule has 30 heavy (non-hydrogen) atoms. The van der Waals surface area contributed by atoms with Crippen LogP contribution in [0.5, 0.6) is 0 Å². The third-order valence-corrected chi connectivity index (χ3v) is 6.80. The zero-order valence-electron chi connectivity index (χ0n) is 15.9. The Hall–Kier alpha value is -3.03. The van der Waals surface area contributed by atoms with Crippen LogP contribution in [0.15, 0.2) is 82.4 Å². The van der Waals surface area contributed by atoms with Gasteiger partial charge >= 0.3 is 0 Å². The number of rotatable bonds is 7. The van der Waals surface area contributed by atoms with E-state index in [1.165, 1.54) is 12.5 Å². The van der Waals surface area contributed by atoms with Crippen molar-refractivity contribution >= 4 is 38.2 Å². The number of halogens is 1. The van der Waals surface area contributed by atoms with Gasteiger partial charge in [0.2, 0.25) is 5.91 Å². The van der Waals surface area contributed by atoms with Crippen molar-refractivity contribution in [2.24, 2.45) is 0 Å². The number of furan rings is 1. The molecule has 8 heteroatoms. The van der Waals surface area contributed by atoms with Crippen LogP contribution in [-0.2, 0) is 33.5 Å². The Morgan fingerprint density at radius 1 is 1.03 bits per heavy atom. The topological polar surface area (TPSA) is 81.3 Å². The van der Waals surface area contributed by atoms with Crippen molar-refractivity contribution in [2.45, 2.75) is 23.7 Å². The van der Waals surface area contributed by atoms with Crippen LogP contribution in [0.3, 0.4) is 0 Å². The smallest absolute Gasteiger partial charge is 0.240 e. The number of hydrogen-bond acceptors (Lipinski definition) is 4. The third-order valence-electron chi connectivity index (χ3n) is 4.74. The highest BCUT2D eigenvalue weighted by Crippen LogP contribution is 2.29. The van der Waals surface area contributed by atoms with Gasteiger partial charge in [-0.15, -0.1) is 0 Å². The van der Waals surface area contributed by atoms with Crippen molar-refractivity contribution in [1.29, 1.82) is 0 Å². The molecule has 4 rings (SSSR count). The second kappa shape index (κ2) is 8.38. The number of carbonyl (C=O) groups is 1. The number of carbonyl (C=O) groups excluding carboxylic acids is 1. The molecule has 0 atom stereocenters. The number of hydrogen-bond donors (Lipinski definition) is 1. The quantitative estimate of drug-likeness (QED) is 0.465. The molecular weight excluding hydrogens is 424 g/mol. The minimum atomic E-state index is -3.68. The van der Waals surface area contributed by atoms with Gasteiger partial charge in [0.25, 0.3) is 0 Å². The van der Waals surface area contributed by atoms with Crippen LogP contribution in [-0.4, -0.2) is 18.9 Å². The first-order valence-corrected chi connectivity index (χ1v) is 11.3. The Bertz CT molecular complexity index is 1290. The lowest BCUT2D eigenvalue weighted by molar-refractivity contribution is -0.121. The van der Waals surface area contributed by atoms with Gasteiger partial charge in [-0.3, -0.25) is 4.79 Å². The minimum Gasteiger partial charge on any atom is -0.467 e. The molecule has 2 aromatic carbocycles. The molecular formula is C22H19ClN2O4S. The van der Waals surface area contributed by atoms with Crippen LogP contribution >= 0.6 is 11.6 Å². The molecule has 1 N–H and O–H groups in total. The van der Waals surface area contributed by atoms with Gasteiger partial charge in [0.1, 0.15) is 12.3 Å². The van der Waals surface area contributed by atoms with Gasteiger partial charge in [-0.25, -0.2) is 8.42 Å². The summed E-state index contributed by atoms with van der Waals surface area (Å²) >= 11 is 6.16. The highest BCUT2D eigenvalue weighted by Gasteiger charge is 2.23. The van der Waals surface area contributed by atoms with E-state index in [2.05, 4.69) is 5.32 Å². The summed E-state index contributed by atoms with van der Waals surface area (Å²) in [7, 11) is -3.68. The fourth-order valence-electron chi connectivity index (χ4n) is 3.30. The predicted octanol–water partition coefficient (Wildman–Crippen LogP) is 4.18. The molecule has 0 aliphatic carbocycles. The molecule has 1 amide bonds. The van der Waals surface area contributed by atoms with Crippen LogP contribution in [0.4, 0.5) is 0 Å². The van der Waals surface area contributed by atoms with Crippen LogP contribution in [0.25, 0.3) is 10.9 Å². The van der Waals surface area contributed by atoms with E-state index in [1.807, 2.05) is 6.07 Å². The molecule has 0 aliphatic heterocycles. The van der Waals surface area contributed by atoms with E-state index in [1.54, 1.807) is 59.2 Å². The Labute approximate surface area is 179 Å². The summed E-state index contributed by atoms with van der Waals surface area (Å²) in [6, 6.07) is 17.5. The highest BCUT2D eigenvalue weighted by molar-refractivity contribution is 7.90. The summed E-state index contributed by atoms with van der Waals surface area (Å²) < 4.78 is 33.2. The number of amides is 1. The molecule has 0 bridgehead atoms. The van der Waals surface area contributed by atoms with Crippen LogP contribution in [0.2, 0.25) is 5.02 Å². The summed E-state index contributed by atoms with van der Waals surface area (Å²) in [4.78, 5) is 12.6. The molecule has 6 nitrogen and oxygen atoms in total. The van der Waals surface area contributed by atoms with Gasteiger partial charge in [0.15, 0.2) is 9.84 Å². The average molecular weight is 443 g/mol. The first kappa shape index (κ1) is 20.3. The van der Waals surface area contributed by atoms with Crippen LogP contribution < -0.4 is 5.32 Å². The molecule has 0 saturated heterocycles. The van der Waals surface area contributed by atoms with E-state index in [0.717, 1.165) is 0 Å². The van der Waals surface area contributed by atoms with E-state index in [-0.39, 0.29) is 29.6 Å². The van der Waals surface area contributed by atoms with Crippen molar-refractivity contribution in [2.75, 3.05) is 0 Å². The van der Waals surface area contributed by atoms with Gasteiger partial charge in [-0.2, -0.15) is 0 Å². The Morgan fingerprint density at radius 3 is 2.57 bits per heavy atom. The van der Waals surface area contributed by atoms with E-state index < -0.39 is 9.84 Å². The van der Waals surface area contributed by atoms with E-state index >= 15 is 0 Å². The van der Waals surface area contributed by atoms with E-state index in [0.29, 0.717) is 27.2 Å². The van der Waals surface area contributed by atoms with Crippen molar-refractivity contribution in [3.8, 4) is 0 Å². The zero-order valence-corrected chi connectivity index (χ0v) is 17.5. The Balaban J connectivity index is 1.62. The average Bonchev–Trinajstić information content (AvgIpc) is 3.37. The normalized spacial score (nSPS) is 11.6. The van der Waals surface area contributed by atoms with Gasteiger partial charge in [0.05, 0.1) is 23.5 Å². The standard InChI is InChI=1S/C22H19ClN2O4S/c23-19-9-3-1-6-16(19)15-30(27,28)21-13-25(20-10-4-2-8-18(20)21)14-22(26)24-12-17-7-5-11-29-17/h1-11,13H,12,14-15H2,(H,24,26). The lowest BCUT2D eigenvalue weighted by Gasteiger charge is -2.06. The molecule has 4 aromatic rings. The maximum Gasteiger partial charge on any atom is 0.240 e. The molecule has 154 valence electrons. The number of aromatic nitrogens is 1. The summed E-state index contributed by atoms with van der Waals surface area (Å²) in [5, 5.41) is 3.75. The van der Waals surface area contributed by atoms with Crippen LogP contribution in [0, 0.1) is 0 Å². The summed E-state index contributed by atoms with van der Waals surface area (Å²) in [6.07, 6.45) is 3.06. The van der Waals surface area contributed by atoms with E-state index in [9.17, 15) is 13.2 Å². The predicted molar refractivity (Wildman–Crippen MR) is 115 cm³/mol. The fraction of sp³-hybridized carbons (Fsp3) is 0.136. The Kier molecular flexibility index (Phi) is 5.65. The van der Waals surface area contributed by atoms with Crippen LogP contribution in [0.1, 0.15) is 11.3 Å². The molecule has 0 spiro atoms. The number of sulfone groups is 1. The molecule has 0 fully saturated rings. The zero-order chi connectivity index (χ0) is 21.1. The molecule has 2 heterocycles. The number of benzene rings is 2. The van der Waals surface area contributed by atoms with Crippen molar-refractivity contribution in [1.82, 2.24) is 9.88 Å². The minimum absolute atomic E-state index is 0.0111. The Morgan fingerprint density at radius 2 is 1.80 bits per heavy atom. The largest absolute Gasteiger partial charge is 0.467 e. The maximum absolute atomic E-state index is 13.2. The maximum atomic E-state index is 13.2.